The summed E-state index contributed by atoms with van der Waals surface area (Å²) in [5.41, 5.74) is 4.29. The van der Waals surface area contributed by atoms with Crippen molar-refractivity contribution in [2.45, 2.75) is 38.6 Å². The number of carbonyl (C=O) groups excluding carboxylic acids is 1. The molecule has 3 heteroatoms. The molecule has 0 aliphatic heterocycles. The Morgan fingerprint density at radius 1 is 1.31 bits per heavy atom. The smallest absolute Gasteiger partial charge is 0.140 e. The lowest BCUT2D eigenvalue weighted by Gasteiger charge is -2.33. The fourth-order valence-corrected chi connectivity index (χ4v) is 1.40. The zero-order chi connectivity index (χ0) is 10.9. The van der Waals surface area contributed by atoms with Gasteiger partial charge in [-0.05, 0) is 34.0 Å². The molecule has 0 radical (unpaired) electrons. The van der Waals surface area contributed by atoms with Gasteiger partial charge in [0.2, 0.25) is 0 Å². The zero-order valence-corrected chi connectivity index (χ0v) is 9.63. The number of carbonyl (C=O) groups is 1. The molecule has 0 amide bonds. The fraction of sp³-hybridized carbons (Fsp3) is 0.900. The number of rotatable bonds is 5. The van der Waals surface area contributed by atoms with Crippen molar-refractivity contribution in [3.8, 4) is 0 Å². The Bertz CT molecular complexity index is 126. The molecule has 0 aromatic heterocycles. The summed E-state index contributed by atoms with van der Waals surface area (Å²) in [4.78, 5) is 12.9. The van der Waals surface area contributed by atoms with Gasteiger partial charge in [0.1, 0.15) is 6.29 Å². The molecule has 1 unspecified atom stereocenters. The zero-order valence-electron chi connectivity index (χ0n) is 9.63. The van der Waals surface area contributed by atoms with Crippen molar-refractivity contribution in [3.05, 3.63) is 0 Å². The minimum absolute atomic E-state index is 0.214. The monoisotopic (exact) mass is 188 g/mol. The Morgan fingerprint density at radius 3 is 1.85 bits per heavy atom. The second-order valence-electron chi connectivity index (χ2n) is 3.22. The van der Waals surface area contributed by atoms with E-state index in [-0.39, 0.29) is 5.54 Å². The molecule has 1 atom stereocenters. The molecular weight excluding hydrogens is 164 g/mol. The first-order valence-corrected chi connectivity index (χ1v) is 4.84. The number of hydrogen-bond acceptors (Lipinski definition) is 3. The summed E-state index contributed by atoms with van der Waals surface area (Å²) in [7, 11) is 5.43. The van der Waals surface area contributed by atoms with E-state index in [2.05, 4.69) is 19.6 Å². The Kier molecular flexibility index (Phi) is 9.51. The van der Waals surface area contributed by atoms with Crippen LogP contribution >= 0.6 is 0 Å². The second kappa shape index (κ2) is 8.20. The van der Waals surface area contributed by atoms with Gasteiger partial charge in [0.15, 0.2) is 0 Å². The highest BCUT2D eigenvalue weighted by Crippen LogP contribution is 2.20. The average Bonchev–Trinajstić information content (AvgIpc) is 2.17. The van der Waals surface area contributed by atoms with Gasteiger partial charge in [-0.15, -0.1) is 0 Å². The standard InChI is InChI=1S/C9H19NO.CH5N/c1-5-7-9(6-2,8-11)10(3)4;1-2/h8H,5-7H2,1-4H3;2H2,1H3. The Labute approximate surface area is 82.3 Å². The molecule has 0 saturated heterocycles. The fourth-order valence-electron chi connectivity index (χ4n) is 1.40. The van der Waals surface area contributed by atoms with Crippen LogP contribution in [0.3, 0.4) is 0 Å². The van der Waals surface area contributed by atoms with Crippen LogP contribution in [0.4, 0.5) is 0 Å². The Balaban J connectivity index is 0. The highest BCUT2D eigenvalue weighted by atomic mass is 16.1. The van der Waals surface area contributed by atoms with Crippen molar-refractivity contribution in [3.63, 3.8) is 0 Å². The van der Waals surface area contributed by atoms with E-state index in [4.69, 9.17) is 0 Å². The lowest BCUT2D eigenvalue weighted by Crippen LogP contribution is -2.45. The van der Waals surface area contributed by atoms with E-state index in [0.29, 0.717) is 0 Å². The quantitative estimate of drug-likeness (QED) is 0.661. The van der Waals surface area contributed by atoms with Gasteiger partial charge >= 0.3 is 0 Å². The molecule has 0 heterocycles. The second-order valence-corrected chi connectivity index (χ2v) is 3.22. The highest BCUT2D eigenvalue weighted by molar-refractivity contribution is 5.63. The predicted octanol–water partition coefficient (Wildman–Crippen LogP) is 1.27. The molecule has 0 spiro atoms. The van der Waals surface area contributed by atoms with E-state index in [1.807, 2.05) is 19.0 Å². The number of nitrogens with two attached hydrogens (primary N) is 1. The maximum absolute atomic E-state index is 10.8. The van der Waals surface area contributed by atoms with E-state index in [9.17, 15) is 4.79 Å². The van der Waals surface area contributed by atoms with E-state index < -0.39 is 0 Å². The molecule has 0 aliphatic carbocycles. The number of nitrogens with zero attached hydrogens (tertiary/aromatic N) is 1. The summed E-state index contributed by atoms with van der Waals surface area (Å²) in [6, 6.07) is 0. The molecule has 0 rings (SSSR count). The van der Waals surface area contributed by atoms with Crippen LogP contribution in [0.15, 0.2) is 0 Å². The summed E-state index contributed by atoms with van der Waals surface area (Å²) in [6.45, 7) is 4.17. The lowest BCUT2D eigenvalue weighted by atomic mass is 9.91. The van der Waals surface area contributed by atoms with Crippen molar-refractivity contribution in [2.75, 3.05) is 21.1 Å². The first-order chi connectivity index (χ1) is 6.13. The van der Waals surface area contributed by atoms with Crippen molar-refractivity contribution in [1.29, 1.82) is 0 Å². The minimum Gasteiger partial charge on any atom is -0.333 e. The van der Waals surface area contributed by atoms with Crippen molar-refractivity contribution < 1.29 is 4.79 Å². The Hall–Kier alpha value is -0.410. The van der Waals surface area contributed by atoms with Crippen LogP contribution in [0.1, 0.15) is 33.1 Å². The average molecular weight is 188 g/mol. The molecule has 80 valence electrons. The predicted molar refractivity (Wildman–Crippen MR) is 57.8 cm³/mol. The molecule has 0 bridgehead atoms. The maximum atomic E-state index is 10.8. The summed E-state index contributed by atoms with van der Waals surface area (Å²) in [5, 5.41) is 0. The van der Waals surface area contributed by atoms with Gasteiger partial charge in [0, 0.05) is 0 Å². The van der Waals surface area contributed by atoms with Crippen LogP contribution in [-0.4, -0.2) is 37.9 Å². The summed E-state index contributed by atoms with van der Waals surface area (Å²) in [6.07, 6.45) is 4.00. The van der Waals surface area contributed by atoms with Gasteiger partial charge in [-0.25, -0.2) is 0 Å². The van der Waals surface area contributed by atoms with Gasteiger partial charge in [-0.3, -0.25) is 4.90 Å². The lowest BCUT2D eigenvalue weighted by molar-refractivity contribution is -0.117. The van der Waals surface area contributed by atoms with Crippen LogP contribution in [0, 0.1) is 0 Å². The normalized spacial score (nSPS) is 14.4. The van der Waals surface area contributed by atoms with E-state index in [1.165, 1.54) is 7.05 Å². The van der Waals surface area contributed by atoms with Crippen LogP contribution in [0.2, 0.25) is 0 Å². The van der Waals surface area contributed by atoms with Crippen LogP contribution in [-0.2, 0) is 4.79 Å². The summed E-state index contributed by atoms with van der Waals surface area (Å²) >= 11 is 0. The van der Waals surface area contributed by atoms with Gasteiger partial charge < -0.3 is 10.5 Å². The van der Waals surface area contributed by atoms with Gasteiger partial charge in [0.25, 0.3) is 0 Å². The molecular formula is C10H24N2O. The first-order valence-electron chi connectivity index (χ1n) is 4.84. The number of likely N-dealkylation sites (N-methyl/N-ethyl adjacent to an activating group) is 1. The number of aldehydes is 1. The van der Waals surface area contributed by atoms with Crippen LogP contribution in [0.25, 0.3) is 0 Å². The van der Waals surface area contributed by atoms with Crippen molar-refractivity contribution >= 4 is 6.29 Å². The summed E-state index contributed by atoms with van der Waals surface area (Å²) in [5.74, 6) is 0. The molecule has 0 saturated carbocycles. The molecule has 3 nitrogen and oxygen atoms in total. The highest BCUT2D eigenvalue weighted by Gasteiger charge is 2.28. The van der Waals surface area contributed by atoms with Gasteiger partial charge in [-0.1, -0.05) is 20.3 Å². The van der Waals surface area contributed by atoms with Crippen LogP contribution in [0.5, 0.6) is 0 Å². The third kappa shape index (κ3) is 4.39. The third-order valence-corrected chi connectivity index (χ3v) is 2.41. The molecule has 0 aromatic carbocycles. The summed E-state index contributed by atoms with van der Waals surface area (Å²) < 4.78 is 0. The van der Waals surface area contributed by atoms with E-state index in [1.54, 1.807) is 0 Å². The number of hydrogen-bond donors (Lipinski definition) is 1. The molecule has 2 N–H and O–H groups in total. The van der Waals surface area contributed by atoms with E-state index >= 15 is 0 Å². The van der Waals surface area contributed by atoms with Gasteiger partial charge in [-0.2, -0.15) is 0 Å². The molecule has 0 fully saturated rings. The van der Waals surface area contributed by atoms with Crippen molar-refractivity contribution in [1.82, 2.24) is 4.90 Å². The first kappa shape index (κ1) is 15.1. The third-order valence-electron chi connectivity index (χ3n) is 2.41. The Morgan fingerprint density at radius 2 is 1.77 bits per heavy atom. The van der Waals surface area contributed by atoms with Gasteiger partial charge in [0.05, 0.1) is 5.54 Å². The topological polar surface area (TPSA) is 46.3 Å². The van der Waals surface area contributed by atoms with Crippen LogP contribution < -0.4 is 5.73 Å². The molecule has 0 aromatic rings. The maximum Gasteiger partial charge on any atom is 0.140 e. The van der Waals surface area contributed by atoms with E-state index in [0.717, 1.165) is 25.5 Å². The largest absolute Gasteiger partial charge is 0.333 e. The molecule has 13 heavy (non-hydrogen) atoms. The molecule has 0 aliphatic rings. The van der Waals surface area contributed by atoms with Crippen molar-refractivity contribution in [2.24, 2.45) is 5.73 Å². The SMILES string of the molecule is CCCC(C=O)(CC)N(C)C.CN. The minimum atomic E-state index is -0.214.